The minimum absolute atomic E-state index is 0.102. The van der Waals surface area contributed by atoms with Crippen LogP contribution in [0.15, 0.2) is 0 Å². The van der Waals surface area contributed by atoms with Gasteiger partial charge in [0.2, 0.25) is 0 Å². The molecule has 0 aromatic heterocycles. The van der Waals surface area contributed by atoms with Gasteiger partial charge in [-0.1, -0.05) is 6.92 Å². The Labute approximate surface area is 78.6 Å². The highest BCUT2D eigenvalue weighted by Gasteiger charge is 2.27. The van der Waals surface area contributed by atoms with Crippen molar-refractivity contribution in [1.82, 2.24) is 5.32 Å². The number of hydrogen-bond donors (Lipinski definition) is 1. The number of morpholine rings is 1. The molecule has 0 aromatic rings. The van der Waals surface area contributed by atoms with Crippen molar-refractivity contribution >= 4 is 5.78 Å². The van der Waals surface area contributed by atoms with Crippen LogP contribution in [0, 0.1) is 0 Å². The van der Waals surface area contributed by atoms with Gasteiger partial charge in [0.25, 0.3) is 0 Å². The van der Waals surface area contributed by atoms with Crippen molar-refractivity contribution in [3.8, 4) is 0 Å². The van der Waals surface area contributed by atoms with Crippen molar-refractivity contribution in [2.24, 2.45) is 0 Å². The molecule has 0 saturated carbocycles. The summed E-state index contributed by atoms with van der Waals surface area (Å²) in [6.07, 6.45) is 0.423. The maximum absolute atomic E-state index is 11.7. The van der Waals surface area contributed by atoms with E-state index in [2.05, 4.69) is 5.32 Å². The van der Waals surface area contributed by atoms with E-state index in [-0.39, 0.29) is 17.9 Å². The fourth-order valence-corrected chi connectivity index (χ4v) is 1.46. The van der Waals surface area contributed by atoms with Crippen LogP contribution in [0.1, 0.15) is 13.3 Å². The van der Waals surface area contributed by atoms with E-state index in [1.54, 1.807) is 7.11 Å². The molecule has 2 atom stereocenters. The normalized spacial score (nSPS) is 25.5. The minimum atomic E-state index is -0.292. The first kappa shape index (κ1) is 10.6. The van der Waals surface area contributed by atoms with Crippen LogP contribution in [0.4, 0.5) is 0 Å². The zero-order chi connectivity index (χ0) is 9.68. The topological polar surface area (TPSA) is 47.6 Å². The van der Waals surface area contributed by atoms with Gasteiger partial charge in [0.15, 0.2) is 5.78 Å². The molecule has 76 valence electrons. The van der Waals surface area contributed by atoms with Gasteiger partial charge in [0.1, 0.15) is 6.10 Å². The highest BCUT2D eigenvalue weighted by Crippen LogP contribution is 2.04. The Kier molecular flexibility index (Phi) is 4.35. The van der Waals surface area contributed by atoms with Crippen molar-refractivity contribution in [3.63, 3.8) is 0 Å². The summed E-state index contributed by atoms with van der Waals surface area (Å²) < 4.78 is 10.3. The summed E-state index contributed by atoms with van der Waals surface area (Å²) in [6.45, 7) is 3.85. The Balaban J connectivity index is 2.44. The van der Waals surface area contributed by atoms with Crippen LogP contribution in [0.25, 0.3) is 0 Å². The molecule has 0 bridgehead atoms. The summed E-state index contributed by atoms with van der Waals surface area (Å²) in [5, 5.41) is 3.11. The number of Topliss-reactive ketones (excluding diaryl/α,β-unsaturated/α-hetero) is 1. The second-order valence-electron chi connectivity index (χ2n) is 3.12. The molecular formula is C9H17NO3. The lowest BCUT2D eigenvalue weighted by Crippen LogP contribution is -2.50. The summed E-state index contributed by atoms with van der Waals surface area (Å²) in [5.41, 5.74) is 0. The van der Waals surface area contributed by atoms with E-state index >= 15 is 0 Å². The third-order valence-electron chi connectivity index (χ3n) is 2.24. The molecule has 0 aliphatic carbocycles. The highest BCUT2D eigenvalue weighted by molar-refractivity contribution is 5.88. The van der Waals surface area contributed by atoms with Crippen LogP contribution in [0.3, 0.4) is 0 Å². The molecule has 4 nitrogen and oxygen atoms in total. The summed E-state index contributed by atoms with van der Waals surface area (Å²) >= 11 is 0. The van der Waals surface area contributed by atoms with Gasteiger partial charge in [-0.15, -0.1) is 0 Å². The third-order valence-corrected chi connectivity index (χ3v) is 2.24. The Hall–Kier alpha value is -0.450. The lowest BCUT2D eigenvalue weighted by Gasteiger charge is -2.25. The monoisotopic (exact) mass is 187 g/mol. The van der Waals surface area contributed by atoms with E-state index in [9.17, 15) is 4.79 Å². The van der Waals surface area contributed by atoms with Crippen molar-refractivity contribution in [1.29, 1.82) is 0 Å². The second kappa shape index (κ2) is 5.32. The van der Waals surface area contributed by atoms with Crippen molar-refractivity contribution < 1.29 is 14.3 Å². The van der Waals surface area contributed by atoms with Gasteiger partial charge in [0, 0.05) is 13.7 Å². The molecule has 0 aromatic carbocycles. The number of methoxy groups -OCH3 is 1. The Morgan fingerprint density at radius 1 is 1.77 bits per heavy atom. The first-order valence-corrected chi connectivity index (χ1v) is 4.67. The third kappa shape index (κ3) is 2.76. The standard InChI is InChI=1S/C9H17NO3/c1-3-8(12-2)9(11)7-6-13-5-4-10-7/h7-8,10H,3-6H2,1-2H3. The molecule has 1 fully saturated rings. The summed E-state index contributed by atoms with van der Waals surface area (Å²) in [7, 11) is 1.57. The molecule has 1 N–H and O–H groups in total. The number of carbonyl (C=O) groups is 1. The summed E-state index contributed by atoms with van der Waals surface area (Å²) in [5.74, 6) is 0.102. The molecule has 1 aliphatic heterocycles. The molecular weight excluding hydrogens is 170 g/mol. The zero-order valence-electron chi connectivity index (χ0n) is 8.21. The number of rotatable bonds is 4. The molecule has 13 heavy (non-hydrogen) atoms. The highest BCUT2D eigenvalue weighted by atomic mass is 16.5. The quantitative estimate of drug-likeness (QED) is 0.671. The Morgan fingerprint density at radius 3 is 3.00 bits per heavy atom. The minimum Gasteiger partial charge on any atom is -0.378 e. The summed E-state index contributed by atoms with van der Waals surface area (Å²) in [6, 6.07) is -0.182. The van der Waals surface area contributed by atoms with E-state index < -0.39 is 0 Å². The van der Waals surface area contributed by atoms with Crippen molar-refractivity contribution in [2.45, 2.75) is 25.5 Å². The van der Waals surface area contributed by atoms with Crippen LogP contribution in [0.5, 0.6) is 0 Å². The number of ether oxygens (including phenoxy) is 2. The molecule has 4 heteroatoms. The van der Waals surface area contributed by atoms with Crippen LogP contribution in [0.2, 0.25) is 0 Å². The SMILES string of the molecule is CCC(OC)C(=O)C1COCCN1. The predicted octanol–water partition coefficient (Wildman–Crippen LogP) is -0.0311. The molecule has 1 aliphatic rings. The largest absolute Gasteiger partial charge is 0.378 e. The van der Waals surface area contributed by atoms with Crippen LogP contribution < -0.4 is 5.32 Å². The number of carbonyl (C=O) groups excluding carboxylic acids is 1. The summed E-state index contributed by atoms with van der Waals surface area (Å²) in [4.78, 5) is 11.7. The molecule has 0 radical (unpaired) electrons. The fraction of sp³-hybridized carbons (Fsp3) is 0.889. The smallest absolute Gasteiger partial charge is 0.180 e. The van der Waals surface area contributed by atoms with Gasteiger partial charge < -0.3 is 14.8 Å². The van der Waals surface area contributed by atoms with E-state index in [1.807, 2.05) is 6.92 Å². The number of hydrogen-bond acceptors (Lipinski definition) is 4. The van der Waals surface area contributed by atoms with Crippen LogP contribution in [-0.4, -0.2) is 44.8 Å². The van der Waals surface area contributed by atoms with Crippen molar-refractivity contribution in [3.05, 3.63) is 0 Å². The Bertz CT molecular complexity index is 162. The van der Waals surface area contributed by atoms with Crippen molar-refractivity contribution in [2.75, 3.05) is 26.9 Å². The van der Waals surface area contributed by atoms with Gasteiger partial charge in [-0.3, -0.25) is 4.79 Å². The first-order valence-electron chi connectivity index (χ1n) is 4.67. The number of nitrogens with one attached hydrogen (secondary N) is 1. The van der Waals surface area contributed by atoms with Gasteiger partial charge in [-0.05, 0) is 6.42 Å². The van der Waals surface area contributed by atoms with Gasteiger partial charge in [-0.2, -0.15) is 0 Å². The van der Waals surface area contributed by atoms with Gasteiger partial charge in [0.05, 0.1) is 19.3 Å². The molecule has 2 unspecified atom stereocenters. The average Bonchev–Trinajstić information content (AvgIpc) is 2.21. The van der Waals surface area contributed by atoms with Crippen LogP contribution >= 0.6 is 0 Å². The molecule has 0 amide bonds. The lowest BCUT2D eigenvalue weighted by molar-refractivity contribution is -0.133. The molecule has 1 heterocycles. The van der Waals surface area contributed by atoms with Crippen LogP contribution in [-0.2, 0) is 14.3 Å². The molecule has 0 spiro atoms. The Morgan fingerprint density at radius 2 is 2.54 bits per heavy atom. The van der Waals surface area contributed by atoms with Gasteiger partial charge >= 0.3 is 0 Å². The molecule has 1 saturated heterocycles. The number of ketones is 1. The van der Waals surface area contributed by atoms with E-state index in [0.29, 0.717) is 19.6 Å². The van der Waals surface area contributed by atoms with E-state index in [0.717, 1.165) is 6.54 Å². The average molecular weight is 187 g/mol. The van der Waals surface area contributed by atoms with E-state index in [1.165, 1.54) is 0 Å². The predicted molar refractivity (Wildman–Crippen MR) is 48.7 cm³/mol. The maximum atomic E-state index is 11.7. The maximum Gasteiger partial charge on any atom is 0.180 e. The molecule has 1 rings (SSSR count). The van der Waals surface area contributed by atoms with E-state index in [4.69, 9.17) is 9.47 Å². The fourth-order valence-electron chi connectivity index (χ4n) is 1.46. The second-order valence-corrected chi connectivity index (χ2v) is 3.12. The van der Waals surface area contributed by atoms with Gasteiger partial charge in [-0.25, -0.2) is 0 Å². The lowest BCUT2D eigenvalue weighted by atomic mass is 10.1. The first-order chi connectivity index (χ1) is 6.29. The zero-order valence-corrected chi connectivity index (χ0v) is 8.21.